The second-order valence-electron chi connectivity index (χ2n) is 5.44. The van der Waals surface area contributed by atoms with E-state index < -0.39 is 12.0 Å². The number of nitriles is 1. The van der Waals surface area contributed by atoms with Gasteiger partial charge in [-0.2, -0.15) is 5.26 Å². The van der Waals surface area contributed by atoms with Gasteiger partial charge in [-0.1, -0.05) is 35.1 Å². The Labute approximate surface area is 164 Å². The van der Waals surface area contributed by atoms with Crippen molar-refractivity contribution in [1.29, 1.82) is 5.26 Å². The molecule has 0 bridgehead atoms. The molecule has 0 N–H and O–H groups in total. The zero-order chi connectivity index (χ0) is 19.4. The van der Waals surface area contributed by atoms with Crippen molar-refractivity contribution < 1.29 is 18.7 Å². The summed E-state index contributed by atoms with van der Waals surface area (Å²) in [6, 6.07) is 14.9. The van der Waals surface area contributed by atoms with Crippen LogP contribution in [-0.4, -0.2) is 12.8 Å². The molecule has 27 heavy (non-hydrogen) atoms. The molecule has 4 nitrogen and oxygen atoms in total. The Morgan fingerprint density at radius 1 is 1.22 bits per heavy atom. The number of halogens is 2. The van der Waals surface area contributed by atoms with Crippen LogP contribution in [0.15, 0.2) is 48.5 Å². The predicted octanol–water partition coefficient (Wildman–Crippen LogP) is 6.28. The summed E-state index contributed by atoms with van der Waals surface area (Å²) in [6.07, 6.45) is -0.820. The van der Waals surface area contributed by atoms with Crippen LogP contribution in [-0.2, 0) is 4.74 Å². The zero-order valence-electron chi connectivity index (χ0n) is 14.2. The molecule has 0 saturated heterocycles. The van der Waals surface area contributed by atoms with E-state index in [9.17, 15) is 9.18 Å². The zero-order valence-corrected chi connectivity index (χ0v) is 15.7. The van der Waals surface area contributed by atoms with Crippen LogP contribution in [0.3, 0.4) is 0 Å². The van der Waals surface area contributed by atoms with Gasteiger partial charge in [0.2, 0.25) is 0 Å². The third kappa shape index (κ3) is 4.45. The normalized spacial score (nSPS) is 10.3. The lowest BCUT2D eigenvalue weighted by molar-refractivity contribution is 0.105. The Morgan fingerprint density at radius 2 is 2.04 bits per heavy atom. The minimum absolute atomic E-state index is 0.188. The van der Waals surface area contributed by atoms with Crippen LogP contribution in [0.5, 0.6) is 5.06 Å². The quantitative estimate of drug-likeness (QED) is 0.482. The molecule has 0 radical (unpaired) electrons. The maximum absolute atomic E-state index is 13.9. The number of ether oxygens (including phenoxy) is 2. The first-order valence-electron chi connectivity index (χ1n) is 7.95. The Kier molecular flexibility index (Phi) is 5.75. The van der Waals surface area contributed by atoms with Gasteiger partial charge in [0.05, 0.1) is 18.2 Å². The molecule has 7 heteroatoms. The Bertz CT molecular complexity index is 1020. The van der Waals surface area contributed by atoms with Crippen molar-refractivity contribution in [3.8, 4) is 32.7 Å². The molecule has 1 heterocycles. The summed E-state index contributed by atoms with van der Waals surface area (Å²) in [5.41, 5.74) is 2.45. The molecule has 0 atom stereocenters. The molecule has 1 aromatic heterocycles. The second-order valence-corrected chi connectivity index (χ2v) is 6.90. The van der Waals surface area contributed by atoms with E-state index >= 15 is 0 Å². The molecule has 3 aromatic rings. The standard InChI is InChI=1S/C20H13ClFNO3S/c1-2-25-20(24)26-18-10-17(13-5-3-4-12(6-13)11-23)19(27-18)14-7-15(21)9-16(22)8-14/h3-10H,2H2,1H3. The van der Waals surface area contributed by atoms with Gasteiger partial charge in [0.25, 0.3) is 0 Å². The molecule has 0 fully saturated rings. The number of carbonyl (C=O) groups excluding carboxylic acids is 1. The van der Waals surface area contributed by atoms with Crippen LogP contribution in [0.2, 0.25) is 5.02 Å². The maximum atomic E-state index is 13.9. The fourth-order valence-corrected chi connectivity index (χ4v) is 3.75. The third-order valence-electron chi connectivity index (χ3n) is 3.58. The van der Waals surface area contributed by atoms with Gasteiger partial charge in [0.1, 0.15) is 5.82 Å². The molecule has 0 aliphatic heterocycles. The fourth-order valence-electron chi connectivity index (χ4n) is 2.52. The molecule has 0 amide bonds. The van der Waals surface area contributed by atoms with E-state index in [2.05, 4.69) is 6.07 Å². The SMILES string of the molecule is CCOC(=O)Oc1cc(-c2cccc(C#N)c2)c(-c2cc(F)cc(Cl)c2)s1. The highest BCUT2D eigenvalue weighted by molar-refractivity contribution is 7.18. The van der Waals surface area contributed by atoms with Crippen LogP contribution in [0.1, 0.15) is 12.5 Å². The van der Waals surface area contributed by atoms with E-state index in [0.717, 1.165) is 16.9 Å². The van der Waals surface area contributed by atoms with Crippen molar-refractivity contribution >= 4 is 29.1 Å². The first-order chi connectivity index (χ1) is 13.0. The van der Waals surface area contributed by atoms with Crippen molar-refractivity contribution in [3.05, 3.63) is 64.9 Å². The first-order valence-corrected chi connectivity index (χ1v) is 9.15. The average Bonchev–Trinajstić information content (AvgIpc) is 3.05. The van der Waals surface area contributed by atoms with E-state index in [1.807, 2.05) is 6.07 Å². The number of benzene rings is 2. The molecule has 0 saturated carbocycles. The first kappa shape index (κ1) is 18.9. The van der Waals surface area contributed by atoms with Crippen LogP contribution in [0, 0.1) is 17.1 Å². The molecule has 136 valence electrons. The van der Waals surface area contributed by atoms with Crippen LogP contribution >= 0.6 is 22.9 Å². The number of thiophene rings is 1. The number of hydrogen-bond donors (Lipinski definition) is 0. The minimum Gasteiger partial charge on any atom is -0.434 e. The lowest BCUT2D eigenvalue weighted by atomic mass is 10.0. The van der Waals surface area contributed by atoms with Gasteiger partial charge in [-0.25, -0.2) is 9.18 Å². The molecule has 0 unspecified atom stereocenters. The van der Waals surface area contributed by atoms with Gasteiger partial charge < -0.3 is 9.47 Å². The Morgan fingerprint density at radius 3 is 2.74 bits per heavy atom. The lowest BCUT2D eigenvalue weighted by Crippen LogP contribution is -2.08. The van der Waals surface area contributed by atoms with E-state index in [-0.39, 0.29) is 11.6 Å². The summed E-state index contributed by atoms with van der Waals surface area (Å²) < 4.78 is 23.9. The molecule has 3 rings (SSSR count). The van der Waals surface area contributed by atoms with E-state index in [1.165, 1.54) is 12.1 Å². The van der Waals surface area contributed by atoms with Crippen molar-refractivity contribution in [2.24, 2.45) is 0 Å². The summed E-state index contributed by atoms with van der Waals surface area (Å²) in [6.45, 7) is 1.86. The van der Waals surface area contributed by atoms with Gasteiger partial charge in [-0.15, -0.1) is 0 Å². The minimum atomic E-state index is -0.820. The highest BCUT2D eigenvalue weighted by Gasteiger charge is 2.18. The summed E-state index contributed by atoms with van der Waals surface area (Å²) in [7, 11) is 0. The third-order valence-corrected chi connectivity index (χ3v) is 4.86. The molecular weight excluding hydrogens is 389 g/mol. The topological polar surface area (TPSA) is 59.3 Å². The molecule has 0 aliphatic rings. The van der Waals surface area contributed by atoms with Crippen molar-refractivity contribution in [3.63, 3.8) is 0 Å². The summed E-state index contributed by atoms with van der Waals surface area (Å²) >= 11 is 7.16. The Hall–Kier alpha value is -2.88. The number of hydrogen-bond acceptors (Lipinski definition) is 5. The van der Waals surface area contributed by atoms with Gasteiger partial charge in [-0.05, 0) is 48.4 Å². The summed E-state index contributed by atoms with van der Waals surface area (Å²) in [5, 5.41) is 9.70. The highest BCUT2D eigenvalue weighted by atomic mass is 35.5. The van der Waals surface area contributed by atoms with E-state index in [4.69, 9.17) is 26.3 Å². The van der Waals surface area contributed by atoms with Crippen LogP contribution < -0.4 is 4.74 Å². The van der Waals surface area contributed by atoms with E-state index in [1.54, 1.807) is 37.3 Å². The van der Waals surface area contributed by atoms with Crippen molar-refractivity contribution in [2.75, 3.05) is 6.61 Å². The lowest BCUT2D eigenvalue weighted by Gasteiger charge is -2.05. The van der Waals surface area contributed by atoms with Gasteiger partial charge >= 0.3 is 6.16 Å². The molecule has 2 aromatic carbocycles. The van der Waals surface area contributed by atoms with Gasteiger partial charge in [-0.3, -0.25) is 0 Å². The number of rotatable bonds is 4. The smallest absolute Gasteiger partial charge is 0.434 e. The van der Waals surface area contributed by atoms with Crippen LogP contribution in [0.4, 0.5) is 9.18 Å². The summed E-state index contributed by atoms with van der Waals surface area (Å²) in [4.78, 5) is 12.3. The predicted molar refractivity (Wildman–Crippen MR) is 103 cm³/mol. The maximum Gasteiger partial charge on any atom is 0.514 e. The van der Waals surface area contributed by atoms with Gasteiger partial charge in [0, 0.05) is 21.5 Å². The van der Waals surface area contributed by atoms with E-state index in [0.29, 0.717) is 26.6 Å². The highest BCUT2D eigenvalue weighted by Crippen LogP contribution is 2.44. The number of carbonyl (C=O) groups is 1. The molecular formula is C20H13ClFNO3S. The largest absolute Gasteiger partial charge is 0.514 e. The fraction of sp³-hybridized carbons (Fsp3) is 0.100. The van der Waals surface area contributed by atoms with Crippen molar-refractivity contribution in [2.45, 2.75) is 6.92 Å². The molecule has 0 spiro atoms. The van der Waals surface area contributed by atoms with Crippen LogP contribution in [0.25, 0.3) is 21.6 Å². The van der Waals surface area contributed by atoms with Crippen molar-refractivity contribution in [1.82, 2.24) is 0 Å². The number of nitrogens with zero attached hydrogens (tertiary/aromatic N) is 1. The second kappa shape index (κ2) is 8.21. The molecule has 0 aliphatic carbocycles. The monoisotopic (exact) mass is 401 g/mol. The van der Waals surface area contributed by atoms with Gasteiger partial charge in [0.15, 0.2) is 5.06 Å². The average molecular weight is 402 g/mol. The Balaban J connectivity index is 2.13. The summed E-state index contributed by atoms with van der Waals surface area (Å²) in [5.74, 6) is -0.476.